The van der Waals surface area contributed by atoms with Gasteiger partial charge in [0.25, 0.3) is 0 Å². The zero-order valence-electron chi connectivity index (χ0n) is 16.6. The van der Waals surface area contributed by atoms with Crippen LogP contribution < -0.4 is 15.4 Å². The number of carbonyl (C=O) groups is 1. The Morgan fingerprint density at radius 1 is 1.26 bits per heavy atom. The van der Waals surface area contributed by atoms with Crippen molar-refractivity contribution in [3.63, 3.8) is 0 Å². The number of sulfonamides is 1. The maximum Gasteiger partial charge on any atom is 0.246 e. The zero-order chi connectivity index (χ0) is 20.0. The van der Waals surface area contributed by atoms with Gasteiger partial charge in [-0.05, 0) is 44.9 Å². The van der Waals surface area contributed by atoms with Gasteiger partial charge < -0.3 is 15.4 Å². The minimum absolute atomic E-state index is 0.0761. The maximum atomic E-state index is 12.6. The van der Waals surface area contributed by atoms with E-state index in [4.69, 9.17) is 4.74 Å². The van der Waals surface area contributed by atoms with Crippen molar-refractivity contribution in [2.75, 3.05) is 26.0 Å². The minimum atomic E-state index is -3.66. The van der Waals surface area contributed by atoms with Crippen molar-refractivity contribution in [1.29, 1.82) is 0 Å². The third-order valence-electron chi connectivity index (χ3n) is 4.73. The zero-order valence-corrected chi connectivity index (χ0v) is 17.4. The number of benzene rings is 1. The predicted octanol–water partition coefficient (Wildman–Crippen LogP) is 2.58. The van der Waals surface area contributed by atoms with E-state index in [0.29, 0.717) is 18.0 Å². The first-order chi connectivity index (χ1) is 12.8. The molecule has 2 rings (SSSR count). The van der Waals surface area contributed by atoms with E-state index < -0.39 is 16.1 Å². The van der Waals surface area contributed by atoms with Crippen LogP contribution in [0.5, 0.6) is 5.75 Å². The quantitative estimate of drug-likeness (QED) is 0.704. The first kappa shape index (κ1) is 21.5. The molecule has 27 heavy (non-hydrogen) atoms. The Kier molecular flexibility index (Phi) is 7.49. The molecule has 1 amide bonds. The summed E-state index contributed by atoms with van der Waals surface area (Å²) in [5.41, 5.74) is 0.560. The molecule has 152 valence electrons. The molecule has 1 aromatic rings. The highest BCUT2D eigenvalue weighted by Gasteiger charge is 2.24. The number of nitrogens with zero attached hydrogens (tertiary/aromatic N) is 1. The SMILES string of the molecule is CCOc1ccc(NC(C)C(=O)NC2CCCCC2)cc1S(=O)(=O)N(C)C. The highest BCUT2D eigenvalue weighted by atomic mass is 32.2. The van der Waals surface area contributed by atoms with E-state index in [9.17, 15) is 13.2 Å². The smallest absolute Gasteiger partial charge is 0.246 e. The Hall–Kier alpha value is -1.80. The van der Waals surface area contributed by atoms with Gasteiger partial charge in [-0.2, -0.15) is 0 Å². The normalized spacial score (nSPS) is 16.8. The van der Waals surface area contributed by atoms with Gasteiger partial charge in [-0.1, -0.05) is 19.3 Å². The van der Waals surface area contributed by atoms with Crippen LogP contribution in [0.3, 0.4) is 0 Å². The van der Waals surface area contributed by atoms with Crippen molar-refractivity contribution in [3.8, 4) is 5.75 Å². The molecule has 0 aliphatic heterocycles. The second kappa shape index (κ2) is 9.41. The van der Waals surface area contributed by atoms with Crippen LogP contribution in [0.1, 0.15) is 46.0 Å². The fraction of sp³-hybridized carbons (Fsp3) is 0.632. The Morgan fingerprint density at radius 2 is 1.93 bits per heavy atom. The van der Waals surface area contributed by atoms with Crippen LogP contribution in [-0.4, -0.2) is 51.4 Å². The lowest BCUT2D eigenvalue weighted by Gasteiger charge is -2.25. The van der Waals surface area contributed by atoms with Crippen molar-refractivity contribution in [2.24, 2.45) is 0 Å². The van der Waals surface area contributed by atoms with Crippen molar-refractivity contribution in [3.05, 3.63) is 18.2 Å². The van der Waals surface area contributed by atoms with Crippen LogP contribution in [0.2, 0.25) is 0 Å². The van der Waals surface area contributed by atoms with E-state index in [-0.39, 0.29) is 16.8 Å². The molecule has 2 N–H and O–H groups in total. The number of carbonyl (C=O) groups excluding carboxylic acids is 1. The summed E-state index contributed by atoms with van der Waals surface area (Å²) in [7, 11) is -0.708. The van der Waals surface area contributed by atoms with E-state index in [1.807, 2.05) is 0 Å². The number of anilines is 1. The molecule has 0 saturated heterocycles. The molecule has 0 spiro atoms. The molecule has 1 atom stereocenters. The lowest BCUT2D eigenvalue weighted by Crippen LogP contribution is -2.44. The summed E-state index contributed by atoms with van der Waals surface area (Å²) in [5, 5.41) is 6.18. The van der Waals surface area contributed by atoms with E-state index in [1.54, 1.807) is 26.0 Å². The molecular formula is C19H31N3O4S. The second-order valence-electron chi connectivity index (χ2n) is 7.09. The molecule has 7 nitrogen and oxygen atoms in total. The van der Waals surface area contributed by atoms with Gasteiger partial charge in [0.2, 0.25) is 15.9 Å². The highest BCUT2D eigenvalue weighted by Crippen LogP contribution is 2.29. The van der Waals surface area contributed by atoms with E-state index in [1.165, 1.54) is 26.6 Å². The fourth-order valence-electron chi connectivity index (χ4n) is 3.16. The largest absolute Gasteiger partial charge is 0.492 e. The highest BCUT2D eigenvalue weighted by molar-refractivity contribution is 7.89. The van der Waals surface area contributed by atoms with Crippen molar-refractivity contribution in [2.45, 2.75) is 62.9 Å². The molecule has 0 radical (unpaired) electrons. The number of hydrogen-bond donors (Lipinski definition) is 2. The minimum Gasteiger partial charge on any atom is -0.492 e. The monoisotopic (exact) mass is 397 g/mol. The average Bonchev–Trinajstić information content (AvgIpc) is 2.63. The van der Waals surface area contributed by atoms with Gasteiger partial charge in [0.1, 0.15) is 16.7 Å². The number of hydrogen-bond acceptors (Lipinski definition) is 5. The lowest BCUT2D eigenvalue weighted by atomic mass is 9.95. The topological polar surface area (TPSA) is 87.7 Å². The number of ether oxygens (including phenoxy) is 1. The van der Waals surface area contributed by atoms with Gasteiger partial charge >= 0.3 is 0 Å². The van der Waals surface area contributed by atoms with Crippen LogP contribution in [-0.2, 0) is 14.8 Å². The lowest BCUT2D eigenvalue weighted by molar-refractivity contribution is -0.122. The molecule has 0 bridgehead atoms. The summed E-state index contributed by atoms with van der Waals surface area (Å²) >= 11 is 0. The summed E-state index contributed by atoms with van der Waals surface area (Å²) in [6, 6.07) is 4.63. The Bertz CT molecular complexity index is 743. The van der Waals surface area contributed by atoms with Gasteiger partial charge in [0.15, 0.2) is 0 Å². The molecule has 0 aromatic heterocycles. The summed E-state index contributed by atoms with van der Waals surface area (Å²) < 4.78 is 31.8. The molecule has 1 aromatic carbocycles. The molecule has 1 unspecified atom stereocenters. The van der Waals surface area contributed by atoms with Gasteiger partial charge in [-0.15, -0.1) is 0 Å². The Labute approximate surface area is 162 Å². The number of nitrogens with one attached hydrogen (secondary N) is 2. The molecule has 1 aliphatic carbocycles. The van der Waals surface area contributed by atoms with E-state index >= 15 is 0 Å². The number of amides is 1. The van der Waals surface area contributed by atoms with E-state index in [0.717, 1.165) is 30.0 Å². The summed E-state index contributed by atoms with van der Waals surface area (Å²) in [6.45, 7) is 3.94. The Balaban J connectivity index is 2.14. The second-order valence-corrected chi connectivity index (χ2v) is 9.21. The third kappa shape index (κ3) is 5.59. The molecular weight excluding hydrogens is 366 g/mol. The average molecular weight is 398 g/mol. The number of rotatable bonds is 8. The van der Waals surface area contributed by atoms with Crippen molar-refractivity contribution >= 4 is 21.6 Å². The molecule has 0 heterocycles. The first-order valence-corrected chi connectivity index (χ1v) is 11.0. The molecule has 8 heteroatoms. The van der Waals surface area contributed by atoms with Gasteiger partial charge in [0.05, 0.1) is 6.61 Å². The Morgan fingerprint density at radius 3 is 2.52 bits per heavy atom. The first-order valence-electron chi connectivity index (χ1n) is 9.52. The van der Waals surface area contributed by atoms with Crippen LogP contribution in [0.4, 0.5) is 5.69 Å². The standard InChI is InChI=1S/C19H31N3O4S/c1-5-26-17-12-11-16(13-18(17)27(24,25)22(3)4)20-14(2)19(23)21-15-9-7-6-8-10-15/h11-15,20H,5-10H2,1-4H3,(H,21,23). The van der Waals surface area contributed by atoms with Crippen LogP contribution >= 0.6 is 0 Å². The van der Waals surface area contributed by atoms with Crippen LogP contribution in [0.15, 0.2) is 23.1 Å². The summed E-state index contributed by atoms with van der Waals surface area (Å²) in [4.78, 5) is 12.5. The van der Waals surface area contributed by atoms with Gasteiger partial charge in [-0.3, -0.25) is 4.79 Å². The molecule has 1 saturated carbocycles. The molecule has 1 aliphatic rings. The third-order valence-corrected chi connectivity index (χ3v) is 6.57. The van der Waals surface area contributed by atoms with Crippen LogP contribution in [0, 0.1) is 0 Å². The summed E-state index contributed by atoms with van der Waals surface area (Å²) in [6.07, 6.45) is 5.57. The van der Waals surface area contributed by atoms with Crippen molar-refractivity contribution in [1.82, 2.24) is 9.62 Å². The summed E-state index contributed by atoms with van der Waals surface area (Å²) in [5.74, 6) is 0.226. The van der Waals surface area contributed by atoms with Crippen molar-refractivity contribution < 1.29 is 17.9 Å². The maximum absolute atomic E-state index is 12.6. The van der Waals surface area contributed by atoms with E-state index in [2.05, 4.69) is 10.6 Å². The predicted molar refractivity (Wildman–Crippen MR) is 107 cm³/mol. The fourth-order valence-corrected chi connectivity index (χ4v) is 4.21. The van der Waals surface area contributed by atoms with Gasteiger partial charge in [-0.25, -0.2) is 12.7 Å². The van der Waals surface area contributed by atoms with Gasteiger partial charge in [0, 0.05) is 25.8 Å². The molecule has 1 fully saturated rings. The van der Waals surface area contributed by atoms with Crippen LogP contribution in [0.25, 0.3) is 0 Å².